The van der Waals surface area contributed by atoms with Gasteiger partial charge >= 0.3 is 0 Å². The number of hydrogen-bond donors (Lipinski definition) is 2. The summed E-state index contributed by atoms with van der Waals surface area (Å²) in [4.78, 5) is 23.6. The van der Waals surface area contributed by atoms with Gasteiger partial charge in [-0.2, -0.15) is 0 Å². The molecule has 1 aromatic carbocycles. The van der Waals surface area contributed by atoms with E-state index in [4.69, 9.17) is 0 Å². The van der Waals surface area contributed by atoms with Gasteiger partial charge in [-0.1, -0.05) is 19.1 Å². The van der Waals surface area contributed by atoms with Crippen molar-refractivity contribution in [3.05, 3.63) is 33.4 Å². The standard InChI is InChI=1S/C13H17IN2O2/c1-3-8-15-12(17)9(2)16-13(18)10-6-4-5-7-11(10)14/h4-7,9H,3,8H2,1-2H3,(H,15,17)(H,16,18). The maximum Gasteiger partial charge on any atom is 0.252 e. The topological polar surface area (TPSA) is 58.2 Å². The van der Waals surface area contributed by atoms with Crippen molar-refractivity contribution in [2.24, 2.45) is 0 Å². The zero-order valence-electron chi connectivity index (χ0n) is 10.5. The molecule has 0 bridgehead atoms. The predicted octanol–water partition coefficient (Wildman–Crippen LogP) is 1.94. The van der Waals surface area contributed by atoms with Crippen molar-refractivity contribution in [1.82, 2.24) is 10.6 Å². The molecule has 5 heteroatoms. The van der Waals surface area contributed by atoms with E-state index in [1.807, 2.05) is 19.1 Å². The number of rotatable bonds is 5. The Morgan fingerprint density at radius 2 is 2.00 bits per heavy atom. The monoisotopic (exact) mass is 360 g/mol. The Labute approximate surface area is 121 Å². The lowest BCUT2D eigenvalue weighted by Crippen LogP contribution is -2.45. The summed E-state index contributed by atoms with van der Waals surface area (Å²) in [6.07, 6.45) is 0.878. The first-order chi connectivity index (χ1) is 8.56. The van der Waals surface area contributed by atoms with Crippen LogP contribution in [0, 0.1) is 3.57 Å². The molecule has 1 aromatic rings. The number of amides is 2. The second-order valence-electron chi connectivity index (χ2n) is 3.97. The van der Waals surface area contributed by atoms with Gasteiger partial charge in [-0.15, -0.1) is 0 Å². The van der Waals surface area contributed by atoms with Crippen molar-refractivity contribution in [2.45, 2.75) is 26.3 Å². The molecule has 0 saturated carbocycles. The highest BCUT2D eigenvalue weighted by Gasteiger charge is 2.17. The predicted molar refractivity (Wildman–Crippen MR) is 79.4 cm³/mol. The summed E-state index contributed by atoms with van der Waals surface area (Å²) in [6, 6.07) is 6.75. The summed E-state index contributed by atoms with van der Waals surface area (Å²) in [5.41, 5.74) is 0.591. The Balaban J connectivity index is 2.60. The maximum absolute atomic E-state index is 12.0. The largest absolute Gasteiger partial charge is 0.354 e. The number of nitrogens with one attached hydrogen (secondary N) is 2. The smallest absolute Gasteiger partial charge is 0.252 e. The van der Waals surface area contributed by atoms with Gasteiger partial charge in [0.25, 0.3) is 5.91 Å². The highest BCUT2D eigenvalue weighted by Crippen LogP contribution is 2.11. The van der Waals surface area contributed by atoms with Crippen LogP contribution in [-0.4, -0.2) is 24.4 Å². The fourth-order valence-electron chi connectivity index (χ4n) is 1.39. The Morgan fingerprint density at radius 3 is 2.61 bits per heavy atom. The van der Waals surface area contributed by atoms with Crippen molar-refractivity contribution in [2.75, 3.05) is 6.54 Å². The maximum atomic E-state index is 12.0. The van der Waals surface area contributed by atoms with E-state index in [0.717, 1.165) is 9.99 Å². The van der Waals surface area contributed by atoms with Gasteiger partial charge in [0, 0.05) is 10.1 Å². The van der Waals surface area contributed by atoms with Crippen LogP contribution in [0.25, 0.3) is 0 Å². The van der Waals surface area contributed by atoms with E-state index >= 15 is 0 Å². The Bertz CT molecular complexity index is 435. The fourth-order valence-corrected chi connectivity index (χ4v) is 2.02. The number of halogens is 1. The van der Waals surface area contributed by atoms with Crippen LogP contribution in [0.4, 0.5) is 0 Å². The third kappa shape index (κ3) is 4.29. The molecule has 2 amide bonds. The third-order valence-corrected chi connectivity index (χ3v) is 3.35. The minimum absolute atomic E-state index is 0.156. The minimum atomic E-state index is -0.528. The summed E-state index contributed by atoms with van der Waals surface area (Å²) >= 11 is 2.10. The van der Waals surface area contributed by atoms with Crippen molar-refractivity contribution < 1.29 is 9.59 Å². The van der Waals surface area contributed by atoms with Crippen LogP contribution in [0.5, 0.6) is 0 Å². The number of carbonyl (C=O) groups is 2. The van der Waals surface area contributed by atoms with Crippen LogP contribution in [0.2, 0.25) is 0 Å². The van der Waals surface area contributed by atoms with E-state index in [1.54, 1.807) is 19.1 Å². The molecule has 1 rings (SSSR count). The molecule has 98 valence electrons. The first kappa shape index (κ1) is 14.9. The SMILES string of the molecule is CCCNC(=O)C(C)NC(=O)c1ccccc1I. The number of benzene rings is 1. The number of hydrogen-bond acceptors (Lipinski definition) is 2. The summed E-state index contributed by atoms with van der Waals surface area (Å²) in [5.74, 6) is -0.379. The molecule has 0 radical (unpaired) electrons. The van der Waals surface area contributed by atoms with Gasteiger partial charge in [0.05, 0.1) is 5.56 Å². The van der Waals surface area contributed by atoms with Gasteiger partial charge in [-0.05, 0) is 48.1 Å². The lowest BCUT2D eigenvalue weighted by atomic mass is 10.2. The van der Waals surface area contributed by atoms with E-state index in [-0.39, 0.29) is 11.8 Å². The van der Waals surface area contributed by atoms with Gasteiger partial charge in [0.2, 0.25) is 5.91 Å². The van der Waals surface area contributed by atoms with Crippen LogP contribution in [0.1, 0.15) is 30.6 Å². The molecule has 0 aliphatic heterocycles. The van der Waals surface area contributed by atoms with Crippen LogP contribution >= 0.6 is 22.6 Å². The lowest BCUT2D eigenvalue weighted by Gasteiger charge is -2.14. The van der Waals surface area contributed by atoms with Crippen molar-refractivity contribution in [1.29, 1.82) is 0 Å². The van der Waals surface area contributed by atoms with Gasteiger partial charge in [-0.3, -0.25) is 9.59 Å². The third-order valence-electron chi connectivity index (χ3n) is 2.41. The summed E-state index contributed by atoms with van der Waals surface area (Å²) < 4.78 is 0.869. The van der Waals surface area contributed by atoms with Crippen molar-refractivity contribution >= 4 is 34.4 Å². The highest BCUT2D eigenvalue weighted by molar-refractivity contribution is 14.1. The summed E-state index contributed by atoms with van der Waals surface area (Å²) in [6.45, 7) is 4.29. The molecule has 4 nitrogen and oxygen atoms in total. The summed E-state index contributed by atoms with van der Waals surface area (Å²) in [5, 5.41) is 5.44. The van der Waals surface area contributed by atoms with E-state index in [1.165, 1.54) is 0 Å². The average Bonchev–Trinajstić information content (AvgIpc) is 2.36. The Hall–Kier alpha value is -1.11. The van der Waals surface area contributed by atoms with Gasteiger partial charge in [0.15, 0.2) is 0 Å². The highest BCUT2D eigenvalue weighted by atomic mass is 127. The van der Waals surface area contributed by atoms with Crippen molar-refractivity contribution in [3.63, 3.8) is 0 Å². The molecule has 0 aliphatic carbocycles. The molecule has 0 spiro atoms. The normalized spacial score (nSPS) is 11.7. The van der Waals surface area contributed by atoms with Crippen LogP contribution in [0.15, 0.2) is 24.3 Å². The molecular weight excluding hydrogens is 343 g/mol. The average molecular weight is 360 g/mol. The first-order valence-electron chi connectivity index (χ1n) is 5.89. The van der Waals surface area contributed by atoms with Gasteiger partial charge in [0.1, 0.15) is 6.04 Å². The lowest BCUT2D eigenvalue weighted by molar-refractivity contribution is -0.122. The second kappa shape index (κ2) is 7.35. The molecule has 1 unspecified atom stereocenters. The summed E-state index contributed by atoms with van der Waals surface area (Å²) in [7, 11) is 0. The zero-order chi connectivity index (χ0) is 13.5. The molecule has 0 aliphatic rings. The van der Waals surface area contributed by atoms with Crippen molar-refractivity contribution in [3.8, 4) is 0 Å². The fraction of sp³-hybridized carbons (Fsp3) is 0.385. The second-order valence-corrected chi connectivity index (χ2v) is 5.13. The Morgan fingerprint density at radius 1 is 1.33 bits per heavy atom. The van der Waals surface area contributed by atoms with E-state index in [0.29, 0.717) is 12.1 Å². The first-order valence-corrected chi connectivity index (χ1v) is 6.97. The quantitative estimate of drug-likeness (QED) is 0.789. The van der Waals surface area contributed by atoms with E-state index in [2.05, 4.69) is 33.2 Å². The van der Waals surface area contributed by atoms with Crippen LogP contribution in [-0.2, 0) is 4.79 Å². The molecule has 0 aromatic heterocycles. The number of carbonyl (C=O) groups excluding carboxylic acids is 2. The van der Waals surface area contributed by atoms with E-state index in [9.17, 15) is 9.59 Å². The molecule has 0 saturated heterocycles. The van der Waals surface area contributed by atoms with Gasteiger partial charge in [-0.25, -0.2) is 0 Å². The van der Waals surface area contributed by atoms with Gasteiger partial charge < -0.3 is 10.6 Å². The molecule has 0 heterocycles. The van der Waals surface area contributed by atoms with E-state index < -0.39 is 6.04 Å². The zero-order valence-corrected chi connectivity index (χ0v) is 12.7. The molecule has 2 N–H and O–H groups in total. The molecule has 1 atom stereocenters. The van der Waals surface area contributed by atoms with Crippen LogP contribution in [0.3, 0.4) is 0 Å². The molecular formula is C13H17IN2O2. The van der Waals surface area contributed by atoms with Crippen LogP contribution < -0.4 is 10.6 Å². The molecule has 0 fully saturated rings. The Kier molecular flexibility index (Phi) is 6.11. The molecule has 18 heavy (non-hydrogen) atoms. The minimum Gasteiger partial charge on any atom is -0.354 e.